The molecule has 24 heavy (non-hydrogen) atoms. The van der Waals surface area contributed by atoms with Crippen LogP contribution in [0, 0.1) is 0 Å². The molecule has 6 nitrogen and oxygen atoms in total. The van der Waals surface area contributed by atoms with E-state index in [4.69, 9.17) is 9.52 Å². The molecular weight excluding hydrogens is 310 g/mol. The monoisotopic (exact) mass is 323 g/mol. The largest absolute Gasteiger partial charge is 0.480 e. The summed E-state index contributed by atoms with van der Waals surface area (Å²) in [5, 5.41) is 9.36. The molecule has 120 valence electrons. The van der Waals surface area contributed by atoms with Gasteiger partial charge in [0.15, 0.2) is 0 Å². The molecule has 1 N–H and O–H groups in total. The molecule has 6 heteroatoms. The van der Waals surface area contributed by atoms with Gasteiger partial charge >= 0.3 is 5.97 Å². The van der Waals surface area contributed by atoms with Crippen molar-refractivity contribution in [3.05, 3.63) is 76.6 Å². The Kier molecular flexibility index (Phi) is 4.11. The normalized spacial score (nSPS) is 10.5. The van der Waals surface area contributed by atoms with Crippen LogP contribution in [-0.2, 0) is 4.79 Å². The predicted molar refractivity (Wildman–Crippen MR) is 88.2 cm³/mol. The number of nitrogens with zero attached hydrogens (tertiary/aromatic N) is 1. The second-order valence-electron chi connectivity index (χ2n) is 5.10. The summed E-state index contributed by atoms with van der Waals surface area (Å²) in [5.74, 6) is -1.90. The van der Waals surface area contributed by atoms with Gasteiger partial charge in [0, 0.05) is 5.69 Å². The van der Waals surface area contributed by atoms with Crippen LogP contribution in [0.15, 0.2) is 70.1 Å². The molecule has 0 aliphatic carbocycles. The first-order valence-corrected chi connectivity index (χ1v) is 7.17. The van der Waals surface area contributed by atoms with E-state index in [2.05, 4.69) is 0 Å². The van der Waals surface area contributed by atoms with Gasteiger partial charge in [0.25, 0.3) is 5.91 Å². The highest BCUT2D eigenvalue weighted by Crippen LogP contribution is 2.17. The summed E-state index contributed by atoms with van der Waals surface area (Å²) < 4.78 is 5.34. The van der Waals surface area contributed by atoms with Gasteiger partial charge < -0.3 is 9.52 Å². The Morgan fingerprint density at radius 3 is 2.38 bits per heavy atom. The number of carboxylic acid groups (broad SMARTS) is 1. The van der Waals surface area contributed by atoms with E-state index in [0.717, 1.165) is 11.2 Å². The third-order valence-corrected chi connectivity index (χ3v) is 3.52. The van der Waals surface area contributed by atoms with Gasteiger partial charge in [0.1, 0.15) is 24.0 Å². The minimum atomic E-state index is -1.18. The Labute approximate surface area is 136 Å². The van der Waals surface area contributed by atoms with Gasteiger partial charge in [-0.1, -0.05) is 30.3 Å². The molecule has 3 aromatic rings. The molecule has 0 saturated heterocycles. The number of hydrogen-bond acceptors (Lipinski definition) is 4. The van der Waals surface area contributed by atoms with Gasteiger partial charge in [-0.3, -0.25) is 19.3 Å². The molecule has 3 rings (SSSR count). The molecule has 0 atom stereocenters. The van der Waals surface area contributed by atoms with Crippen molar-refractivity contribution in [3.8, 4) is 0 Å². The fourth-order valence-electron chi connectivity index (χ4n) is 2.39. The molecule has 1 heterocycles. The summed E-state index contributed by atoms with van der Waals surface area (Å²) >= 11 is 0. The molecule has 0 spiro atoms. The first kappa shape index (κ1) is 15.5. The lowest BCUT2D eigenvalue weighted by Gasteiger charge is -2.20. The lowest BCUT2D eigenvalue weighted by atomic mass is 10.1. The number of hydrogen-bond donors (Lipinski definition) is 1. The van der Waals surface area contributed by atoms with Crippen LogP contribution in [0.4, 0.5) is 5.69 Å². The van der Waals surface area contributed by atoms with E-state index in [1.807, 2.05) is 0 Å². The van der Waals surface area contributed by atoms with E-state index < -0.39 is 23.9 Å². The lowest BCUT2D eigenvalue weighted by Crippen LogP contribution is -2.38. The second-order valence-corrected chi connectivity index (χ2v) is 5.10. The van der Waals surface area contributed by atoms with Crippen LogP contribution in [0.3, 0.4) is 0 Å². The van der Waals surface area contributed by atoms with Crippen molar-refractivity contribution in [2.45, 2.75) is 0 Å². The number of benzene rings is 2. The maximum Gasteiger partial charge on any atom is 0.323 e. The predicted octanol–water partition coefficient (Wildman–Crippen LogP) is 2.52. The molecule has 1 amide bonds. The Bertz CT molecular complexity index is 962. The van der Waals surface area contributed by atoms with Crippen molar-refractivity contribution in [2.24, 2.45) is 0 Å². The maximum absolute atomic E-state index is 12.7. The molecule has 0 aliphatic rings. The summed E-state index contributed by atoms with van der Waals surface area (Å²) in [4.78, 5) is 37.4. The zero-order valence-electron chi connectivity index (χ0n) is 12.5. The van der Waals surface area contributed by atoms with E-state index >= 15 is 0 Å². The van der Waals surface area contributed by atoms with Gasteiger partial charge in [0.2, 0.25) is 5.43 Å². The fraction of sp³-hybridized carbons (Fsp3) is 0.0556. The Hall–Kier alpha value is -3.41. The SMILES string of the molecule is O=C(O)CN(C(=O)c1coc2ccccc2c1=O)c1ccccc1. The molecule has 0 bridgehead atoms. The van der Waals surface area contributed by atoms with Crippen LogP contribution in [-0.4, -0.2) is 23.5 Å². The molecule has 0 unspecified atom stereocenters. The van der Waals surface area contributed by atoms with Crippen molar-refractivity contribution in [1.29, 1.82) is 0 Å². The first-order valence-electron chi connectivity index (χ1n) is 7.17. The fourth-order valence-corrected chi connectivity index (χ4v) is 2.39. The number of anilines is 1. The number of fused-ring (bicyclic) bond motifs is 1. The van der Waals surface area contributed by atoms with Crippen LogP contribution >= 0.6 is 0 Å². The summed E-state index contributed by atoms with van der Waals surface area (Å²) in [7, 11) is 0. The van der Waals surface area contributed by atoms with Crippen molar-refractivity contribution in [3.63, 3.8) is 0 Å². The summed E-state index contributed by atoms with van der Waals surface area (Å²) in [6.45, 7) is -0.560. The lowest BCUT2D eigenvalue weighted by molar-refractivity contribution is -0.135. The molecular formula is C18H13NO5. The highest BCUT2D eigenvalue weighted by molar-refractivity contribution is 6.09. The number of rotatable bonds is 4. The zero-order chi connectivity index (χ0) is 17.1. The second kappa shape index (κ2) is 6.37. The van der Waals surface area contributed by atoms with Gasteiger partial charge in [-0.15, -0.1) is 0 Å². The molecule has 0 saturated carbocycles. The molecule has 0 fully saturated rings. The molecule has 1 aromatic heterocycles. The number of para-hydroxylation sites is 2. The van der Waals surface area contributed by atoms with E-state index in [1.165, 1.54) is 0 Å². The van der Waals surface area contributed by atoms with Crippen LogP contribution in [0.2, 0.25) is 0 Å². The van der Waals surface area contributed by atoms with E-state index in [-0.39, 0.29) is 10.9 Å². The number of aliphatic carboxylic acids is 1. The highest BCUT2D eigenvalue weighted by Gasteiger charge is 2.24. The topological polar surface area (TPSA) is 87.8 Å². The van der Waals surface area contributed by atoms with Gasteiger partial charge in [0.05, 0.1) is 5.39 Å². The molecule has 0 aliphatic heterocycles. The Morgan fingerprint density at radius 1 is 1.00 bits per heavy atom. The van der Waals surface area contributed by atoms with Gasteiger partial charge in [-0.2, -0.15) is 0 Å². The summed E-state index contributed by atoms with van der Waals surface area (Å²) in [6, 6.07) is 14.9. The number of carboxylic acids is 1. The quantitative estimate of drug-likeness (QED) is 0.797. The minimum Gasteiger partial charge on any atom is -0.480 e. The minimum absolute atomic E-state index is 0.209. The smallest absolute Gasteiger partial charge is 0.323 e. The third-order valence-electron chi connectivity index (χ3n) is 3.52. The van der Waals surface area contributed by atoms with E-state index in [9.17, 15) is 14.4 Å². The third kappa shape index (κ3) is 2.89. The van der Waals surface area contributed by atoms with Crippen LogP contribution in [0.5, 0.6) is 0 Å². The van der Waals surface area contributed by atoms with Crippen molar-refractivity contribution < 1.29 is 19.1 Å². The number of carbonyl (C=O) groups is 2. The summed E-state index contributed by atoms with van der Waals surface area (Å²) in [6.07, 6.45) is 1.07. The average Bonchev–Trinajstić information content (AvgIpc) is 2.60. The molecule has 2 aromatic carbocycles. The molecule has 0 radical (unpaired) electrons. The standard InChI is InChI=1S/C18H13NO5/c20-16(21)10-19(12-6-2-1-3-7-12)18(23)14-11-24-15-9-5-4-8-13(15)17(14)22/h1-9,11H,10H2,(H,20,21). The Balaban J connectivity index is 2.09. The van der Waals surface area contributed by atoms with Crippen molar-refractivity contribution in [1.82, 2.24) is 0 Å². The van der Waals surface area contributed by atoms with E-state index in [1.54, 1.807) is 54.6 Å². The number of carbonyl (C=O) groups excluding carboxylic acids is 1. The van der Waals surface area contributed by atoms with Gasteiger partial charge in [-0.05, 0) is 24.3 Å². The van der Waals surface area contributed by atoms with Gasteiger partial charge in [-0.25, -0.2) is 0 Å². The van der Waals surface area contributed by atoms with Crippen LogP contribution < -0.4 is 10.3 Å². The highest BCUT2D eigenvalue weighted by atomic mass is 16.4. The van der Waals surface area contributed by atoms with E-state index in [0.29, 0.717) is 11.3 Å². The number of amides is 1. The first-order chi connectivity index (χ1) is 11.6. The van der Waals surface area contributed by atoms with Crippen molar-refractivity contribution >= 4 is 28.5 Å². The average molecular weight is 323 g/mol. The zero-order valence-corrected chi connectivity index (χ0v) is 12.5. The van der Waals surface area contributed by atoms with Crippen LogP contribution in [0.25, 0.3) is 11.0 Å². The van der Waals surface area contributed by atoms with Crippen LogP contribution in [0.1, 0.15) is 10.4 Å². The summed E-state index contributed by atoms with van der Waals surface area (Å²) in [5.41, 5.74) is 0.0491. The Morgan fingerprint density at radius 2 is 1.67 bits per heavy atom. The van der Waals surface area contributed by atoms with Crippen molar-refractivity contribution in [2.75, 3.05) is 11.4 Å². The maximum atomic E-state index is 12.7.